The van der Waals surface area contributed by atoms with Crippen molar-refractivity contribution >= 4 is 14.9 Å². The van der Waals surface area contributed by atoms with E-state index in [-0.39, 0.29) is 0 Å². The minimum Gasteiger partial charge on any atom is -0.425 e. The summed E-state index contributed by atoms with van der Waals surface area (Å²) in [5.74, 6) is 2.64. The van der Waals surface area contributed by atoms with Gasteiger partial charge in [-0.15, -0.1) is 12.3 Å². The molecule has 0 aliphatic rings. The van der Waals surface area contributed by atoms with Gasteiger partial charge in [-0.2, -0.15) is 0 Å². The lowest BCUT2D eigenvalue weighted by Crippen LogP contribution is -2.33. The third-order valence-electron chi connectivity index (χ3n) is 2.56. The predicted molar refractivity (Wildman–Crippen MR) is 87.8 cm³/mol. The van der Waals surface area contributed by atoms with E-state index >= 15 is 0 Å². The zero-order chi connectivity index (χ0) is 15.4. The van der Waals surface area contributed by atoms with Crippen molar-refractivity contribution in [2.45, 2.75) is 66.0 Å². The highest BCUT2D eigenvalue weighted by atomic mass is 31.2. The summed E-state index contributed by atoms with van der Waals surface area (Å²) in [6.07, 6.45) is 9.52. The fourth-order valence-corrected chi connectivity index (χ4v) is 3.23. The van der Waals surface area contributed by atoms with E-state index in [0.717, 1.165) is 19.3 Å². The van der Waals surface area contributed by atoms with E-state index in [9.17, 15) is 0 Å². The molecule has 1 atom stereocenters. The van der Waals surface area contributed by atoms with Crippen molar-refractivity contribution in [3.8, 4) is 12.3 Å². The quantitative estimate of drug-likeness (QED) is 0.188. The minimum absolute atomic E-state index is 0.363. The summed E-state index contributed by atoms with van der Waals surface area (Å²) in [6.45, 7) is 12.0. The number of hydrogen-bond acceptors (Lipinski definition) is 4. The Balaban J connectivity index is 4.45. The summed E-state index contributed by atoms with van der Waals surface area (Å²) in [6, 6.07) is 0.726. The molecule has 1 unspecified atom stereocenters. The first-order valence-corrected chi connectivity index (χ1v) is 8.47. The lowest BCUT2D eigenvalue weighted by molar-refractivity contribution is 0.213. The largest absolute Gasteiger partial charge is 0.425 e. The van der Waals surface area contributed by atoms with Crippen molar-refractivity contribution in [3.05, 3.63) is 0 Å². The van der Waals surface area contributed by atoms with Crippen LogP contribution in [0.1, 0.15) is 53.9 Å². The Morgan fingerprint density at radius 3 is 2.40 bits per heavy atom. The molecular weight excluding hydrogens is 271 g/mol. The van der Waals surface area contributed by atoms with Gasteiger partial charge in [0.2, 0.25) is 0 Å². The van der Waals surface area contributed by atoms with Crippen LogP contribution in [0.15, 0.2) is 4.99 Å². The van der Waals surface area contributed by atoms with Gasteiger partial charge in [-0.1, -0.05) is 0 Å². The van der Waals surface area contributed by atoms with E-state index in [1.807, 2.05) is 6.92 Å². The highest BCUT2D eigenvalue weighted by Crippen LogP contribution is 2.45. The Kier molecular flexibility index (Phi) is 11.8. The summed E-state index contributed by atoms with van der Waals surface area (Å²) >= 11 is 0. The Hall–Kier alpha value is -0.620. The molecule has 0 amide bonds. The molecular formula is C15H29N2O2P. The molecule has 116 valence electrons. The van der Waals surface area contributed by atoms with Gasteiger partial charge in [-0.25, -0.2) is 4.67 Å². The normalized spacial score (nSPS) is 13.3. The Bertz CT molecular complexity index is 293. The maximum Gasteiger partial charge on any atom is 0.322 e. The second-order valence-corrected chi connectivity index (χ2v) is 6.42. The Labute approximate surface area is 125 Å². The zero-order valence-electron chi connectivity index (χ0n) is 13.5. The van der Waals surface area contributed by atoms with Crippen LogP contribution in [0.2, 0.25) is 0 Å². The Morgan fingerprint density at radius 2 is 1.90 bits per heavy atom. The standard InChI is InChI=1S/C15H29N2O2P/c1-7-9-10-11-12-18-20(19-13-16-8-2)17(14(3)4)15(5)6/h1,13-15H,8-12H2,2-6H3. The summed E-state index contributed by atoms with van der Waals surface area (Å²) in [5, 5.41) is 0. The molecule has 0 heterocycles. The molecule has 0 fully saturated rings. The van der Waals surface area contributed by atoms with Gasteiger partial charge in [-0.05, 0) is 47.5 Å². The molecule has 0 radical (unpaired) electrons. The molecule has 0 aromatic rings. The Morgan fingerprint density at radius 1 is 1.25 bits per heavy atom. The number of terminal acetylenes is 1. The smallest absolute Gasteiger partial charge is 0.322 e. The molecule has 0 spiro atoms. The van der Waals surface area contributed by atoms with Crippen molar-refractivity contribution in [3.63, 3.8) is 0 Å². The lowest BCUT2D eigenvalue weighted by atomic mass is 10.2. The first-order chi connectivity index (χ1) is 9.54. The molecule has 0 N–H and O–H groups in total. The summed E-state index contributed by atoms with van der Waals surface area (Å²) in [5.41, 5.74) is 0. The third-order valence-corrected chi connectivity index (χ3v) is 4.54. The van der Waals surface area contributed by atoms with Gasteiger partial charge in [0.15, 0.2) is 6.40 Å². The molecule has 5 heteroatoms. The zero-order valence-corrected chi connectivity index (χ0v) is 14.4. The highest BCUT2D eigenvalue weighted by Gasteiger charge is 2.27. The van der Waals surface area contributed by atoms with E-state index in [4.69, 9.17) is 15.5 Å². The fraction of sp³-hybridized carbons (Fsp3) is 0.800. The molecule has 0 rings (SSSR count). The maximum absolute atomic E-state index is 5.93. The third kappa shape index (κ3) is 8.53. The van der Waals surface area contributed by atoms with E-state index in [2.05, 4.69) is 43.3 Å². The minimum atomic E-state index is -1.10. The van der Waals surface area contributed by atoms with Gasteiger partial charge < -0.3 is 9.05 Å². The average Bonchev–Trinajstić information content (AvgIpc) is 2.37. The molecule has 0 aliphatic heterocycles. The van der Waals surface area contributed by atoms with Crippen LogP contribution in [0.25, 0.3) is 0 Å². The first-order valence-electron chi connectivity index (χ1n) is 7.34. The van der Waals surface area contributed by atoms with Crippen LogP contribution in [-0.2, 0) is 9.05 Å². The van der Waals surface area contributed by atoms with Crippen molar-refractivity contribution < 1.29 is 9.05 Å². The van der Waals surface area contributed by atoms with Crippen LogP contribution in [0.4, 0.5) is 0 Å². The van der Waals surface area contributed by atoms with Crippen molar-refractivity contribution in [1.82, 2.24) is 4.67 Å². The number of aliphatic imine (C=N–C) groups is 1. The van der Waals surface area contributed by atoms with Crippen LogP contribution in [0, 0.1) is 12.3 Å². The molecule has 0 aromatic carbocycles. The summed E-state index contributed by atoms with van der Waals surface area (Å²) in [7, 11) is -1.10. The molecule has 20 heavy (non-hydrogen) atoms. The number of rotatable bonds is 11. The van der Waals surface area contributed by atoms with Gasteiger partial charge in [0.25, 0.3) is 0 Å². The van der Waals surface area contributed by atoms with E-state index < -0.39 is 8.53 Å². The van der Waals surface area contributed by atoms with Crippen LogP contribution >= 0.6 is 8.53 Å². The van der Waals surface area contributed by atoms with Crippen LogP contribution in [-0.4, -0.2) is 36.3 Å². The van der Waals surface area contributed by atoms with Crippen molar-refractivity contribution in [2.75, 3.05) is 13.2 Å². The van der Waals surface area contributed by atoms with E-state index in [1.54, 1.807) is 0 Å². The molecule has 4 nitrogen and oxygen atoms in total. The van der Waals surface area contributed by atoms with Crippen LogP contribution in [0.5, 0.6) is 0 Å². The van der Waals surface area contributed by atoms with Crippen molar-refractivity contribution in [2.24, 2.45) is 4.99 Å². The van der Waals surface area contributed by atoms with Crippen LogP contribution < -0.4 is 0 Å². The molecule has 0 aliphatic carbocycles. The predicted octanol–water partition coefficient (Wildman–Crippen LogP) is 4.22. The van der Waals surface area contributed by atoms with Crippen LogP contribution in [0.3, 0.4) is 0 Å². The van der Waals surface area contributed by atoms with Gasteiger partial charge in [-0.3, -0.25) is 4.99 Å². The monoisotopic (exact) mass is 300 g/mol. The topological polar surface area (TPSA) is 34.1 Å². The van der Waals surface area contributed by atoms with E-state index in [1.165, 1.54) is 6.40 Å². The average molecular weight is 300 g/mol. The highest BCUT2D eigenvalue weighted by molar-refractivity contribution is 7.45. The number of hydrogen-bond donors (Lipinski definition) is 0. The van der Waals surface area contributed by atoms with Gasteiger partial charge in [0.05, 0.1) is 6.61 Å². The maximum atomic E-state index is 5.93. The molecule has 0 saturated carbocycles. The number of nitrogens with zero attached hydrogens (tertiary/aromatic N) is 2. The first kappa shape index (κ1) is 19.4. The molecule has 0 saturated heterocycles. The van der Waals surface area contributed by atoms with Gasteiger partial charge in [0.1, 0.15) is 0 Å². The lowest BCUT2D eigenvalue weighted by Gasteiger charge is -2.34. The molecule has 0 bridgehead atoms. The van der Waals surface area contributed by atoms with Gasteiger partial charge >= 0.3 is 8.53 Å². The van der Waals surface area contributed by atoms with E-state index in [0.29, 0.717) is 25.2 Å². The summed E-state index contributed by atoms with van der Waals surface area (Å²) < 4.78 is 13.9. The molecule has 0 aromatic heterocycles. The summed E-state index contributed by atoms with van der Waals surface area (Å²) in [4.78, 5) is 4.11. The van der Waals surface area contributed by atoms with Crippen molar-refractivity contribution in [1.29, 1.82) is 0 Å². The second kappa shape index (κ2) is 12.1. The second-order valence-electron chi connectivity index (χ2n) is 5.01. The fourth-order valence-electron chi connectivity index (χ4n) is 1.74. The number of unbranched alkanes of at least 4 members (excludes halogenated alkanes) is 2. The SMILES string of the molecule is C#CCCCCOP(OC=NCC)N(C(C)C)C(C)C. The van der Waals surface area contributed by atoms with Gasteiger partial charge in [0, 0.05) is 25.0 Å².